The lowest BCUT2D eigenvalue weighted by Crippen LogP contribution is -2.31. The molecule has 0 radical (unpaired) electrons. The molecule has 0 aliphatic carbocycles. The molecule has 8 nitrogen and oxygen atoms in total. The maximum atomic E-state index is 12.4. The Balaban J connectivity index is 1.68. The molecule has 3 N–H and O–H groups in total. The Labute approximate surface area is 211 Å². The van der Waals surface area contributed by atoms with E-state index in [4.69, 9.17) is 15.2 Å². The fraction of sp³-hybridized carbons (Fsp3) is 0.292. The van der Waals surface area contributed by atoms with Crippen molar-refractivity contribution in [3.05, 3.63) is 69.3 Å². The molecule has 0 spiro atoms. The quantitative estimate of drug-likeness (QED) is 0.369. The molecule has 2 aromatic carbocycles. The van der Waals surface area contributed by atoms with Gasteiger partial charge < -0.3 is 20.5 Å². The number of halogens is 1. The highest BCUT2D eigenvalue weighted by Crippen LogP contribution is 2.39. The molecular weight excluding hydrogens is 518 g/mol. The summed E-state index contributed by atoms with van der Waals surface area (Å²) in [5.41, 5.74) is 8.69. The van der Waals surface area contributed by atoms with E-state index in [-0.39, 0.29) is 0 Å². The number of fused-ring (bicyclic) bond motifs is 1. The van der Waals surface area contributed by atoms with Gasteiger partial charge in [-0.25, -0.2) is 4.68 Å². The summed E-state index contributed by atoms with van der Waals surface area (Å²) in [7, 11) is 1.59. The topological polar surface area (TPSA) is 104 Å². The second kappa shape index (κ2) is 10.5. The molecule has 1 unspecified atom stereocenters. The molecule has 34 heavy (non-hydrogen) atoms. The number of primary amides is 1. The van der Waals surface area contributed by atoms with E-state index in [9.17, 15) is 4.79 Å². The number of hydrogen-bond donors (Lipinski definition) is 2. The van der Waals surface area contributed by atoms with E-state index in [1.165, 1.54) is 0 Å². The molecule has 10 heteroatoms. The Bertz CT molecular complexity index is 1230. The van der Waals surface area contributed by atoms with Crippen LogP contribution in [0, 0.1) is 0 Å². The van der Waals surface area contributed by atoms with Crippen LogP contribution in [0.25, 0.3) is 0 Å². The van der Waals surface area contributed by atoms with Gasteiger partial charge in [0.1, 0.15) is 12.6 Å². The standard InChI is InChI=1S/C24H26BrN5O3S/c1-4-11-34-24-28-23-27-14(2)20(22(26)31)21(30(23)29-24)16-7-10-18(19(12-16)32-3)33-13-15-5-8-17(25)9-6-15/h5-10,12,21H,4,11,13H2,1-3H3,(H2,26,31)(H,27,28,29). The number of benzene rings is 2. The number of ether oxygens (including phenoxy) is 2. The molecule has 2 heterocycles. The average molecular weight is 544 g/mol. The van der Waals surface area contributed by atoms with Crippen LogP contribution in [0.15, 0.2) is 63.4 Å². The molecule has 0 fully saturated rings. The fourth-order valence-corrected chi connectivity index (χ4v) is 4.68. The molecule has 0 saturated heterocycles. The minimum atomic E-state index is -0.536. The number of amides is 1. The van der Waals surface area contributed by atoms with Gasteiger partial charge in [0.15, 0.2) is 11.5 Å². The molecule has 3 aromatic rings. The number of aromatic nitrogens is 3. The van der Waals surface area contributed by atoms with Gasteiger partial charge in [0.2, 0.25) is 17.0 Å². The van der Waals surface area contributed by atoms with Crippen LogP contribution >= 0.6 is 27.7 Å². The summed E-state index contributed by atoms with van der Waals surface area (Å²) < 4.78 is 14.4. The zero-order chi connectivity index (χ0) is 24.2. The van der Waals surface area contributed by atoms with E-state index in [1.807, 2.05) is 49.4 Å². The first kappa shape index (κ1) is 24.2. The predicted octanol–water partition coefficient (Wildman–Crippen LogP) is 4.90. The van der Waals surface area contributed by atoms with Crippen molar-refractivity contribution in [2.45, 2.75) is 38.1 Å². The Morgan fingerprint density at radius 3 is 2.68 bits per heavy atom. The summed E-state index contributed by atoms with van der Waals surface area (Å²) >= 11 is 5.01. The first-order valence-electron chi connectivity index (χ1n) is 10.8. The third kappa shape index (κ3) is 5.07. The normalized spacial score (nSPS) is 15.0. The highest BCUT2D eigenvalue weighted by Gasteiger charge is 2.33. The highest BCUT2D eigenvalue weighted by molar-refractivity contribution is 9.10. The van der Waals surface area contributed by atoms with E-state index in [0.717, 1.165) is 27.8 Å². The Morgan fingerprint density at radius 2 is 2.00 bits per heavy atom. The van der Waals surface area contributed by atoms with Crippen LogP contribution in [0.2, 0.25) is 0 Å². The lowest BCUT2D eigenvalue weighted by molar-refractivity contribution is -0.115. The Hall–Kier alpha value is -2.98. The van der Waals surface area contributed by atoms with Gasteiger partial charge in [-0.2, -0.15) is 4.98 Å². The van der Waals surface area contributed by atoms with Crippen LogP contribution in [0.1, 0.15) is 37.4 Å². The first-order valence-corrected chi connectivity index (χ1v) is 12.6. The van der Waals surface area contributed by atoms with Gasteiger partial charge in [-0.05, 0) is 48.7 Å². The van der Waals surface area contributed by atoms with Crippen molar-refractivity contribution in [3.63, 3.8) is 0 Å². The van der Waals surface area contributed by atoms with Crippen molar-refractivity contribution in [1.29, 1.82) is 0 Å². The van der Waals surface area contributed by atoms with Gasteiger partial charge in [-0.3, -0.25) is 4.79 Å². The van der Waals surface area contributed by atoms with Crippen molar-refractivity contribution < 1.29 is 14.3 Å². The van der Waals surface area contributed by atoms with E-state index < -0.39 is 11.9 Å². The highest BCUT2D eigenvalue weighted by atomic mass is 79.9. The number of methoxy groups -OCH3 is 1. The summed E-state index contributed by atoms with van der Waals surface area (Å²) in [4.78, 5) is 17.0. The second-order valence-electron chi connectivity index (χ2n) is 7.77. The van der Waals surface area contributed by atoms with Crippen LogP contribution < -0.4 is 20.5 Å². The zero-order valence-corrected chi connectivity index (χ0v) is 21.6. The van der Waals surface area contributed by atoms with Gasteiger partial charge in [0.05, 0.1) is 12.7 Å². The summed E-state index contributed by atoms with van der Waals surface area (Å²) in [6.45, 7) is 4.32. The largest absolute Gasteiger partial charge is 0.493 e. The lowest BCUT2D eigenvalue weighted by Gasteiger charge is -2.28. The van der Waals surface area contributed by atoms with Crippen LogP contribution in [-0.2, 0) is 11.4 Å². The molecular formula is C24H26BrN5O3S. The number of nitrogens with zero attached hydrogens (tertiary/aromatic N) is 3. The summed E-state index contributed by atoms with van der Waals surface area (Å²) in [5, 5.41) is 8.48. The molecule has 0 saturated carbocycles. The van der Waals surface area contributed by atoms with Crippen LogP contribution in [0.4, 0.5) is 5.95 Å². The molecule has 1 aromatic heterocycles. The number of nitrogens with one attached hydrogen (secondary N) is 1. The maximum absolute atomic E-state index is 12.4. The number of hydrogen-bond acceptors (Lipinski definition) is 7. The minimum absolute atomic E-state index is 0.396. The van der Waals surface area contributed by atoms with E-state index in [2.05, 4.69) is 38.3 Å². The van der Waals surface area contributed by atoms with E-state index in [1.54, 1.807) is 23.6 Å². The van der Waals surface area contributed by atoms with Gasteiger partial charge in [-0.15, -0.1) is 5.10 Å². The van der Waals surface area contributed by atoms with E-state index in [0.29, 0.717) is 40.5 Å². The third-order valence-corrected chi connectivity index (χ3v) is 6.92. The fourth-order valence-electron chi connectivity index (χ4n) is 3.73. The van der Waals surface area contributed by atoms with Crippen LogP contribution in [-0.4, -0.2) is 33.5 Å². The molecule has 0 bridgehead atoms. The third-order valence-electron chi connectivity index (χ3n) is 5.34. The van der Waals surface area contributed by atoms with Gasteiger partial charge >= 0.3 is 0 Å². The number of allylic oxidation sites excluding steroid dienone is 1. The maximum Gasteiger partial charge on any atom is 0.248 e. The van der Waals surface area contributed by atoms with Crippen LogP contribution in [0.3, 0.4) is 0 Å². The molecule has 1 amide bonds. The molecule has 4 rings (SSSR count). The number of carbonyl (C=O) groups excluding carboxylic acids is 1. The summed E-state index contributed by atoms with van der Waals surface area (Å²) in [6, 6.07) is 13.0. The molecule has 1 atom stereocenters. The molecule has 1 aliphatic heterocycles. The minimum Gasteiger partial charge on any atom is -0.493 e. The number of carbonyl (C=O) groups is 1. The van der Waals surface area contributed by atoms with Gasteiger partial charge in [-0.1, -0.05) is 52.8 Å². The molecule has 178 valence electrons. The monoisotopic (exact) mass is 543 g/mol. The van der Waals surface area contributed by atoms with Crippen molar-refractivity contribution in [2.24, 2.45) is 5.73 Å². The van der Waals surface area contributed by atoms with Crippen molar-refractivity contribution in [3.8, 4) is 11.5 Å². The van der Waals surface area contributed by atoms with Crippen LogP contribution in [0.5, 0.6) is 11.5 Å². The van der Waals surface area contributed by atoms with Crippen molar-refractivity contribution in [2.75, 3.05) is 18.2 Å². The SMILES string of the molecule is CCCSc1nc2n(n1)C(c1ccc(OCc3ccc(Br)cc3)c(OC)c1)C(C(N)=O)=C(C)N2. The molecule has 1 aliphatic rings. The van der Waals surface area contributed by atoms with Gasteiger partial charge in [0.25, 0.3) is 0 Å². The zero-order valence-electron chi connectivity index (χ0n) is 19.2. The Morgan fingerprint density at radius 1 is 1.24 bits per heavy atom. The smallest absolute Gasteiger partial charge is 0.248 e. The number of nitrogens with two attached hydrogens (primary N) is 1. The number of anilines is 1. The second-order valence-corrected chi connectivity index (χ2v) is 9.74. The van der Waals surface area contributed by atoms with Crippen molar-refractivity contribution >= 4 is 39.5 Å². The first-order chi connectivity index (χ1) is 16.4. The lowest BCUT2D eigenvalue weighted by atomic mass is 9.95. The number of thioether (sulfide) groups is 1. The van der Waals surface area contributed by atoms with Crippen molar-refractivity contribution in [1.82, 2.24) is 14.8 Å². The number of rotatable bonds is 9. The summed E-state index contributed by atoms with van der Waals surface area (Å²) in [5.74, 6) is 2.11. The summed E-state index contributed by atoms with van der Waals surface area (Å²) in [6.07, 6.45) is 1.01. The van der Waals surface area contributed by atoms with E-state index >= 15 is 0 Å². The average Bonchev–Trinajstić information content (AvgIpc) is 3.23. The Kier molecular flexibility index (Phi) is 7.47. The predicted molar refractivity (Wildman–Crippen MR) is 136 cm³/mol. The van der Waals surface area contributed by atoms with Gasteiger partial charge in [0, 0.05) is 15.9 Å².